The summed E-state index contributed by atoms with van der Waals surface area (Å²) in [7, 11) is 0. The number of phenolic OH excluding ortho intramolecular Hbond substituents is 1. The number of anilines is 1. The molecule has 3 N–H and O–H groups in total. The third kappa shape index (κ3) is 5.84. The second-order valence-electron chi connectivity index (χ2n) is 7.33. The zero-order valence-electron chi connectivity index (χ0n) is 15.7. The van der Waals surface area contributed by atoms with Crippen molar-refractivity contribution in [3.05, 3.63) is 24.0 Å². The van der Waals surface area contributed by atoms with Crippen LogP contribution >= 0.6 is 0 Å². The van der Waals surface area contributed by atoms with E-state index in [1.807, 2.05) is 4.90 Å². The number of rotatable bonds is 6. The Balaban J connectivity index is 1.60. The topological polar surface area (TPSA) is 77.0 Å². The minimum absolute atomic E-state index is 0.0165. The van der Waals surface area contributed by atoms with Gasteiger partial charge < -0.3 is 20.6 Å². The van der Waals surface area contributed by atoms with Crippen LogP contribution in [0.5, 0.6) is 5.75 Å². The minimum Gasteiger partial charge on any atom is -0.506 e. The Morgan fingerprint density at radius 1 is 1.26 bits per heavy atom. The summed E-state index contributed by atoms with van der Waals surface area (Å²) in [6.07, 6.45) is 8.16. The van der Waals surface area contributed by atoms with Gasteiger partial charge >= 0.3 is 0 Å². The Hall–Kier alpha value is -2.31. The minimum atomic E-state index is -0.417. The number of hydrogen-bond donors (Lipinski definition) is 3. The fourth-order valence-corrected chi connectivity index (χ4v) is 3.69. The van der Waals surface area contributed by atoms with E-state index in [1.54, 1.807) is 0 Å². The largest absolute Gasteiger partial charge is 0.506 e. The SMILES string of the molecule is O=C1CCCN1CCCN=C(Nc1cc(F)ccc1O)NC1CCCCC1. The summed E-state index contributed by atoms with van der Waals surface area (Å²) >= 11 is 0. The maximum Gasteiger partial charge on any atom is 0.222 e. The molecule has 1 aromatic carbocycles. The van der Waals surface area contributed by atoms with E-state index in [0.29, 0.717) is 37.2 Å². The lowest BCUT2D eigenvalue weighted by molar-refractivity contribution is -0.127. The lowest BCUT2D eigenvalue weighted by atomic mass is 9.96. The summed E-state index contributed by atoms with van der Waals surface area (Å²) in [4.78, 5) is 18.2. The average Bonchev–Trinajstić information content (AvgIpc) is 3.07. The first kappa shape index (κ1) is 19.5. The summed E-state index contributed by atoms with van der Waals surface area (Å²) in [5, 5.41) is 16.4. The van der Waals surface area contributed by atoms with Gasteiger partial charge in [0.2, 0.25) is 5.91 Å². The Morgan fingerprint density at radius 3 is 2.81 bits per heavy atom. The van der Waals surface area contributed by atoms with Crippen molar-refractivity contribution in [3.63, 3.8) is 0 Å². The van der Waals surface area contributed by atoms with Crippen LogP contribution in [0.15, 0.2) is 23.2 Å². The first-order valence-electron chi connectivity index (χ1n) is 9.96. The van der Waals surface area contributed by atoms with Crippen LogP contribution in [0.1, 0.15) is 51.4 Å². The normalized spacial score (nSPS) is 18.8. The predicted molar refractivity (Wildman–Crippen MR) is 104 cm³/mol. The van der Waals surface area contributed by atoms with Gasteiger partial charge in [0.15, 0.2) is 5.96 Å². The molecule has 1 aliphatic heterocycles. The van der Waals surface area contributed by atoms with Crippen molar-refractivity contribution in [2.24, 2.45) is 4.99 Å². The van der Waals surface area contributed by atoms with Gasteiger partial charge in [-0.1, -0.05) is 19.3 Å². The molecule has 1 aromatic rings. The van der Waals surface area contributed by atoms with Crippen molar-refractivity contribution in [1.82, 2.24) is 10.2 Å². The van der Waals surface area contributed by atoms with Crippen molar-refractivity contribution in [3.8, 4) is 5.75 Å². The maximum absolute atomic E-state index is 13.5. The van der Waals surface area contributed by atoms with Crippen LogP contribution in [-0.4, -0.2) is 47.5 Å². The van der Waals surface area contributed by atoms with E-state index in [0.717, 1.165) is 32.2 Å². The van der Waals surface area contributed by atoms with Gasteiger partial charge in [-0.25, -0.2) is 4.39 Å². The van der Waals surface area contributed by atoms with Gasteiger partial charge in [0.05, 0.1) is 5.69 Å². The van der Waals surface area contributed by atoms with E-state index in [2.05, 4.69) is 15.6 Å². The highest BCUT2D eigenvalue weighted by Gasteiger charge is 2.19. The molecule has 0 aromatic heterocycles. The third-order valence-electron chi connectivity index (χ3n) is 5.19. The van der Waals surface area contributed by atoms with Crippen molar-refractivity contribution in [2.75, 3.05) is 25.0 Å². The number of aromatic hydroxyl groups is 1. The van der Waals surface area contributed by atoms with Crippen LogP contribution in [0.4, 0.5) is 10.1 Å². The van der Waals surface area contributed by atoms with Gasteiger partial charge in [0, 0.05) is 38.2 Å². The fourth-order valence-electron chi connectivity index (χ4n) is 3.69. The number of carbonyl (C=O) groups is 1. The van der Waals surface area contributed by atoms with E-state index in [9.17, 15) is 14.3 Å². The highest BCUT2D eigenvalue weighted by atomic mass is 19.1. The average molecular weight is 376 g/mol. The molecule has 1 aliphatic carbocycles. The van der Waals surface area contributed by atoms with E-state index in [1.165, 1.54) is 37.5 Å². The highest BCUT2D eigenvalue weighted by molar-refractivity contribution is 5.95. The molecule has 0 unspecified atom stereocenters. The number of phenols is 1. The number of carbonyl (C=O) groups excluding carboxylic acids is 1. The van der Waals surface area contributed by atoms with E-state index >= 15 is 0 Å². The van der Waals surface area contributed by atoms with Crippen LogP contribution in [-0.2, 0) is 4.79 Å². The van der Waals surface area contributed by atoms with E-state index in [4.69, 9.17) is 0 Å². The van der Waals surface area contributed by atoms with Gasteiger partial charge in [-0.3, -0.25) is 9.79 Å². The Labute approximate surface area is 159 Å². The van der Waals surface area contributed by atoms with Gasteiger partial charge in [-0.15, -0.1) is 0 Å². The molecule has 7 heteroatoms. The molecule has 1 amide bonds. The molecule has 0 bridgehead atoms. The maximum atomic E-state index is 13.5. The zero-order valence-corrected chi connectivity index (χ0v) is 15.7. The third-order valence-corrected chi connectivity index (χ3v) is 5.19. The molecule has 2 aliphatic rings. The van der Waals surface area contributed by atoms with Gasteiger partial charge in [0.25, 0.3) is 0 Å². The smallest absolute Gasteiger partial charge is 0.222 e. The molecule has 0 radical (unpaired) electrons. The molecule has 148 valence electrons. The molecule has 3 rings (SSSR count). The molecule has 1 heterocycles. The number of hydrogen-bond acceptors (Lipinski definition) is 3. The predicted octanol–water partition coefficient (Wildman–Crippen LogP) is 3.23. The van der Waals surface area contributed by atoms with Gasteiger partial charge in [-0.05, 0) is 37.8 Å². The summed E-state index contributed by atoms with van der Waals surface area (Å²) < 4.78 is 13.5. The van der Waals surface area contributed by atoms with Crippen LogP contribution < -0.4 is 10.6 Å². The van der Waals surface area contributed by atoms with E-state index in [-0.39, 0.29) is 11.7 Å². The van der Waals surface area contributed by atoms with E-state index < -0.39 is 5.82 Å². The second kappa shape index (κ2) is 9.58. The summed E-state index contributed by atoms with van der Waals surface area (Å²) in [6, 6.07) is 4.14. The summed E-state index contributed by atoms with van der Waals surface area (Å²) in [5.74, 6) is 0.343. The number of aliphatic imine (C=N–C) groups is 1. The number of nitrogens with one attached hydrogen (secondary N) is 2. The standard InChI is InChI=1S/C20H29FN4O2/c21-15-9-10-18(26)17(14-15)24-20(23-16-6-2-1-3-7-16)22-11-5-13-25-12-4-8-19(25)27/h9-10,14,16,26H,1-8,11-13H2,(H2,22,23,24). The first-order valence-corrected chi connectivity index (χ1v) is 9.96. The first-order chi connectivity index (χ1) is 13.1. The van der Waals surface area contributed by atoms with Crippen molar-refractivity contribution in [2.45, 2.75) is 57.4 Å². The molecule has 27 heavy (non-hydrogen) atoms. The number of benzene rings is 1. The van der Waals surface area contributed by atoms with Crippen molar-refractivity contribution in [1.29, 1.82) is 0 Å². The fraction of sp³-hybridized carbons (Fsp3) is 0.600. The molecule has 2 fully saturated rings. The quantitative estimate of drug-likeness (QED) is 0.308. The number of halogens is 1. The number of guanidine groups is 1. The summed E-state index contributed by atoms with van der Waals surface area (Å²) in [5.41, 5.74) is 0.298. The van der Waals surface area contributed by atoms with Gasteiger partial charge in [0.1, 0.15) is 11.6 Å². The molecule has 0 spiro atoms. The molecule has 0 atom stereocenters. The monoisotopic (exact) mass is 376 g/mol. The zero-order chi connectivity index (χ0) is 19.1. The van der Waals surface area contributed by atoms with Crippen molar-refractivity contribution >= 4 is 17.6 Å². The van der Waals surface area contributed by atoms with Crippen LogP contribution in [0.2, 0.25) is 0 Å². The second-order valence-corrected chi connectivity index (χ2v) is 7.33. The van der Waals surface area contributed by atoms with Crippen LogP contribution in [0, 0.1) is 5.82 Å². The number of nitrogens with zero attached hydrogens (tertiary/aromatic N) is 2. The Morgan fingerprint density at radius 2 is 2.07 bits per heavy atom. The lowest BCUT2D eigenvalue weighted by Gasteiger charge is -2.25. The Kier molecular flexibility index (Phi) is 6.90. The number of amides is 1. The molecular weight excluding hydrogens is 347 g/mol. The lowest BCUT2D eigenvalue weighted by Crippen LogP contribution is -2.40. The summed E-state index contributed by atoms with van der Waals surface area (Å²) in [6.45, 7) is 2.11. The highest BCUT2D eigenvalue weighted by Crippen LogP contribution is 2.24. The van der Waals surface area contributed by atoms with Gasteiger partial charge in [-0.2, -0.15) is 0 Å². The van der Waals surface area contributed by atoms with Crippen LogP contribution in [0.25, 0.3) is 0 Å². The molecule has 6 nitrogen and oxygen atoms in total. The number of likely N-dealkylation sites (tertiary alicyclic amines) is 1. The molecular formula is C20H29FN4O2. The Bertz CT molecular complexity index is 674. The molecule has 1 saturated heterocycles. The van der Waals surface area contributed by atoms with Crippen LogP contribution in [0.3, 0.4) is 0 Å². The molecule has 1 saturated carbocycles. The van der Waals surface area contributed by atoms with Crippen molar-refractivity contribution < 1.29 is 14.3 Å².